The lowest BCUT2D eigenvalue weighted by molar-refractivity contribution is 0.318. The molecule has 0 aliphatic rings. The third-order valence-electron chi connectivity index (χ3n) is 5.80. The third kappa shape index (κ3) is 4.44. The molecular formula is C26H24F2N4O3. The quantitative estimate of drug-likeness (QED) is 0.155. The number of halogens is 2. The number of aryl methyl sites for hydroxylation is 2. The fraction of sp³-hybridized carbons (Fsp3) is 0.192. The van der Waals surface area contributed by atoms with Gasteiger partial charge in [-0.2, -0.15) is 0 Å². The van der Waals surface area contributed by atoms with Crippen LogP contribution in [0.1, 0.15) is 41.0 Å². The van der Waals surface area contributed by atoms with Crippen LogP contribution in [0.25, 0.3) is 22.3 Å². The van der Waals surface area contributed by atoms with Crippen LogP contribution in [0, 0.1) is 32.4 Å². The van der Waals surface area contributed by atoms with Crippen molar-refractivity contribution in [3.8, 4) is 11.3 Å². The Morgan fingerprint density at radius 3 is 2.54 bits per heavy atom. The van der Waals surface area contributed by atoms with E-state index in [-0.39, 0.29) is 33.8 Å². The van der Waals surface area contributed by atoms with Gasteiger partial charge >= 0.3 is 0 Å². The molecule has 0 fully saturated rings. The van der Waals surface area contributed by atoms with E-state index in [4.69, 9.17) is 15.4 Å². The highest BCUT2D eigenvalue weighted by molar-refractivity contribution is 6.00. The van der Waals surface area contributed by atoms with E-state index in [0.29, 0.717) is 27.9 Å². The lowest BCUT2D eigenvalue weighted by atomic mass is 9.98. The number of rotatable bonds is 5. The maximum atomic E-state index is 13.9. The summed E-state index contributed by atoms with van der Waals surface area (Å²) in [6.07, 6.45) is 0. The van der Waals surface area contributed by atoms with E-state index in [9.17, 15) is 13.6 Å². The Labute approximate surface area is 199 Å². The molecule has 1 unspecified atom stereocenters. The normalized spacial score (nSPS) is 12.7. The number of hydrogen-bond donors (Lipinski definition) is 3. The molecule has 0 bridgehead atoms. The van der Waals surface area contributed by atoms with Gasteiger partial charge in [0.25, 0.3) is 0 Å². The van der Waals surface area contributed by atoms with Crippen molar-refractivity contribution in [3.63, 3.8) is 0 Å². The van der Waals surface area contributed by atoms with Crippen LogP contribution in [0.15, 0.2) is 56.8 Å². The molecule has 0 aliphatic carbocycles. The smallest absolute Gasteiger partial charge is 0.196 e. The maximum absolute atomic E-state index is 13.9. The van der Waals surface area contributed by atoms with E-state index in [2.05, 4.69) is 15.5 Å². The number of nitrogens with two attached hydrogens (primary N) is 1. The number of nitrogens with one attached hydrogen (secondary N) is 1. The van der Waals surface area contributed by atoms with Crippen LogP contribution in [0.5, 0.6) is 0 Å². The molecule has 0 spiro atoms. The van der Waals surface area contributed by atoms with Gasteiger partial charge in [0.05, 0.1) is 17.1 Å². The van der Waals surface area contributed by atoms with E-state index in [1.165, 1.54) is 6.07 Å². The first-order valence-corrected chi connectivity index (χ1v) is 10.9. The van der Waals surface area contributed by atoms with E-state index in [1.807, 2.05) is 19.9 Å². The lowest BCUT2D eigenvalue weighted by Gasteiger charge is -2.20. The number of benzene rings is 2. The summed E-state index contributed by atoms with van der Waals surface area (Å²) in [5.74, 6) is -2.02. The molecule has 0 amide bonds. The summed E-state index contributed by atoms with van der Waals surface area (Å²) in [6.45, 7) is 7.10. The highest BCUT2D eigenvalue weighted by Crippen LogP contribution is 2.33. The molecule has 2 aromatic heterocycles. The molecule has 9 heteroatoms. The van der Waals surface area contributed by atoms with Crippen molar-refractivity contribution in [2.75, 3.05) is 5.32 Å². The minimum Gasteiger partial charge on any atom is -0.455 e. The predicted octanol–water partition coefficient (Wildman–Crippen LogP) is 5.33. The van der Waals surface area contributed by atoms with Crippen LogP contribution in [0.4, 0.5) is 14.5 Å². The first-order chi connectivity index (χ1) is 16.6. The van der Waals surface area contributed by atoms with Crippen LogP contribution in [0.2, 0.25) is 0 Å². The lowest BCUT2D eigenvalue weighted by Crippen LogP contribution is -2.20. The van der Waals surface area contributed by atoms with Crippen LogP contribution < -0.4 is 16.5 Å². The van der Waals surface area contributed by atoms with Crippen LogP contribution in [0.3, 0.4) is 0 Å². The Hall–Kier alpha value is -4.27. The van der Waals surface area contributed by atoms with Crippen molar-refractivity contribution >= 4 is 22.5 Å². The Balaban J connectivity index is 1.89. The minimum atomic E-state index is -1.04. The van der Waals surface area contributed by atoms with Crippen molar-refractivity contribution in [2.24, 2.45) is 10.9 Å². The second-order valence-corrected chi connectivity index (χ2v) is 8.45. The summed E-state index contributed by atoms with van der Waals surface area (Å²) < 4.78 is 33.6. The van der Waals surface area contributed by atoms with Gasteiger partial charge in [0.15, 0.2) is 22.9 Å². The highest BCUT2D eigenvalue weighted by Gasteiger charge is 2.21. The minimum absolute atomic E-state index is 0.153. The van der Waals surface area contributed by atoms with Crippen molar-refractivity contribution in [1.82, 2.24) is 4.98 Å². The summed E-state index contributed by atoms with van der Waals surface area (Å²) in [7, 11) is 0. The van der Waals surface area contributed by atoms with Gasteiger partial charge in [-0.05, 0) is 69.7 Å². The van der Waals surface area contributed by atoms with Crippen molar-refractivity contribution in [1.29, 1.82) is 0 Å². The molecule has 7 nitrogen and oxygen atoms in total. The molecule has 1 atom stereocenters. The van der Waals surface area contributed by atoms with Crippen molar-refractivity contribution < 1.29 is 18.4 Å². The number of pyridine rings is 1. The summed E-state index contributed by atoms with van der Waals surface area (Å²) >= 11 is 0. The van der Waals surface area contributed by atoms with Crippen LogP contribution >= 0.6 is 0 Å². The summed E-state index contributed by atoms with van der Waals surface area (Å²) in [4.78, 5) is 17.6. The first kappa shape index (κ1) is 23.9. The van der Waals surface area contributed by atoms with Crippen molar-refractivity contribution in [3.05, 3.63) is 92.4 Å². The van der Waals surface area contributed by atoms with Gasteiger partial charge in [0.2, 0.25) is 0 Å². The average Bonchev–Trinajstić information content (AvgIpc) is 2.83. The number of anilines is 1. The number of oxime groups is 1. The fourth-order valence-corrected chi connectivity index (χ4v) is 4.03. The molecular weight excluding hydrogens is 454 g/mol. The zero-order chi connectivity index (χ0) is 25.4. The summed E-state index contributed by atoms with van der Waals surface area (Å²) in [6, 6.07) is 10.1. The third-order valence-corrected chi connectivity index (χ3v) is 5.80. The molecule has 2 heterocycles. The standard InChI is InChI=1S/C26H24F2N4O3/c1-12-9-17(15(4)31-21-8-5-13(2)30-22(21)26(29)32-34)25-18(10-12)23(33)14(3)24(35-25)16-6-7-19(27)20(28)11-16/h5-11,15,31,34H,1-4H3,(H2,29,32). The molecule has 0 saturated heterocycles. The predicted molar refractivity (Wildman–Crippen MR) is 131 cm³/mol. The molecule has 35 heavy (non-hydrogen) atoms. The molecule has 0 saturated carbocycles. The van der Waals surface area contributed by atoms with Crippen LogP contribution in [-0.4, -0.2) is 16.0 Å². The SMILES string of the molecule is Cc1cc(C(C)Nc2ccc(C)nc2C(N)=NO)c2oc(-c3ccc(F)c(F)c3)c(C)c(=O)c2c1. The fourth-order valence-electron chi connectivity index (χ4n) is 4.03. The second kappa shape index (κ2) is 9.17. The molecule has 0 radical (unpaired) electrons. The van der Waals surface area contributed by atoms with Gasteiger partial charge in [-0.1, -0.05) is 11.2 Å². The first-order valence-electron chi connectivity index (χ1n) is 10.9. The van der Waals surface area contributed by atoms with Gasteiger partial charge in [-0.15, -0.1) is 0 Å². The summed E-state index contributed by atoms with van der Waals surface area (Å²) in [5.41, 5.74) is 9.38. The van der Waals surface area contributed by atoms with Crippen molar-refractivity contribution in [2.45, 2.75) is 33.7 Å². The molecule has 4 rings (SSSR count). The van der Waals surface area contributed by atoms with Gasteiger partial charge in [-0.3, -0.25) is 4.79 Å². The van der Waals surface area contributed by atoms with Crippen LogP contribution in [-0.2, 0) is 0 Å². The Morgan fingerprint density at radius 2 is 1.86 bits per heavy atom. The molecule has 4 N–H and O–H groups in total. The molecule has 0 aliphatic heterocycles. The number of hydrogen-bond acceptors (Lipinski definition) is 6. The largest absolute Gasteiger partial charge is 0.455 e. The van der Waals surface area contributed by atoms with E-state index < -0.39 is 17.7 Å². The monoisotopic (exact) mass is 478 g/mol. The molecule has 2 aromatic carbocycles. The number of amidine groups is 1. The zero-order valence-corrected chi connectivity index (χ0v) is 19.6. The molecule has 180 valence electrons. The second-order valence-electron chi connectivity index (χ2n) is 8.45. The topological polar surface area (TPSA) is 114 Å². The highest BCUT2D eigenvalue weighted by atomic mass is 19.2. The van der Waals surface area contributed by atoms with E-state index >= 15 is 0 Å². The van der Waals surface area contributed by atoms with Gasteiger partial charge in [0, 0.05) is 22.4 Å². The average molecular weight is 478 g/mol. The van der Waals surface area contributed by atoms with Gasteiger partial charge in [0.1, 0.15) is 17.0 Å². The number of fused-ring (bicyclic) bond motifs is 1. The van der Waals surface area contributed by atoms with E-state index in [0.717, 1.165) is 17.7 Å². The number of nitrogens with zero attached hydrogens (tertiary/aromatic N) is 2. The Morgan fingerprint density at radius 1 is 1.11 bits per heavy atom. The van der Waals surface area contributed by atoms with E-state index in [1.54, 1.807) is 32.0 Å². The van der Waals surface area contributed by atoms with Gasteiger partial charge in [-0.25, -0.2) is 13.8 Å². The number of aromatic nitrogens is 1. The Kier molecular flexibility index (Phi) is 6.26. The summed E-state index contributed by atoms with van der Waals surface area (Å²) in [5, 5.41) is 15.9. The van der Waals surface area contributed by atoms with Gasteiger partial charge < -0.3 is 20.7 Å². The zero-order valence-electron chi connectivity index (χ0n) is 19.6. The maximum Gasteiger partial charge on any atom is 0.196 e. The molecule has 4 aromatic rings. The Bertz CT molecular complexity index is 1550.